The van der Waals surface area contributed by atoms with Gasteiger partial charge in [-0.25, -0.2) is 0 Å². The summed E-state index contributed by atoms with van der Waals surface area (Å²) in [5.74, 6) is 0.371. The van der Waals surface area contributed by atoms with E-state index in [1.807, 2.05) is 36.7 Å². The molecule has 0 unspecified atom stereocenters. The molecule has 1 aromatic heterocycles. The highest BCUT2D eigenvalue weighted by molar-refractivity contribution is 5.98. The van der Waals surface area contributed by atoms with Gasteiger partial charge in [-0.05, 0) is 76.8 Å². The second-order valence-corrected chi connectivity index (χ2v) is 12.6. The highest BCUT2D eigenvalue weighted by atomic mass is 16.2. The molecule has 0 saturated carbocycles. The summed E-state index contributed by atoms with van der Waals surface area (Å²) in [6.07, 6.45) is 0.250. The molecule has 5 aromatic rings. The topological polar surface area (TPSA) is 81.1 Å². The molecule has 4 aromatic carbocycles. The van der Waals surface area contributed by atoms with Crippen LogP contribution in [0.3, 0.4) is 0 Å². The van der Waals surface area contributed by atoms with Crippen molar-refractivity contribution >= 4 is 23.0 Å². The Labute approximate surface area is 260 Å². The average molecular weight is 588 g/mol. The van der Waals surface area contributed by atoms with Crippen LogP contribution in [0.2, 0.25) is 0 Å². The summed E-state index contributed by atoms with van der Waals surface area (Å²) >= 11 is 0. The molecule has 226 valence electrons. The molecular weight excluding hydrogens is 546 g/mol. The van der Waals surface area contributed by atoms with Gasteiger partial charge in [0.25, 0.3) is 5.91 Å². The predicted octanol–water partition coefficient (Wildman–Crippen LogP) is 8.39. The first-order chi connectivity index (χ1) is 20.9. The highest BCUT2D eigenvalue weighted by Crippen LogP contribution is 2.33. The molecule has 0 fully saturated rings. The van der Waals surface area contributed by atoms with E-state index in [0.29, 0.717) is 18.0 Å². The van der Waals surface area contributed by atoms with Gasteiger partial charge in [0.05, 0.1) is 23.8 Å². The zero-order chi connectivity index (χ0) is 32.0. The molecular formula is C38H41N3O3. The summed E-state index contributed by atoms with van der Waals surface area (Å²) in [4.78, 5) is 29.4. The van der Waals surface area contributed by atoms with Crippen molar-refractivity contribution in [3.63, 3.8) is 0 Å². The van der Waals surface area contributed by atoms with E-state index in [1.165, 1.54) is 27.8 Å². The second kappa shape index (κ2) is 13.7. The largest absolute Gasteiger partial charge is 0.373 e. The standard InChI is InChI=1S/C37H41N3O.CO2/c1-24(2)29-11-10-12-30(21-29)25(3)38-36(41)31-19-20-35-33(22-31)26(4)39-40(35)23-27-15-17-28(18-16-27)32-13-8-9-14-34(32)37(5,6)7;2-1-3/h8-22,24-25H,23H2,1-7H3,(H,38,41);/t25-;/m0./s1. The number of aryl methyl sites for hydroxylation is 1. The first kappa shape index (κ1) is 32.1. The molecule has 1 atom stereocenters. The fourth-order valence-electron chi connectivity index (χ4n) is 5.50. The molecule has 6 heteroatoms. The maximum absolute atomic E-state index is 13.2. The molecule has 0 aliphatic heterocycles. The van der Waals surface area contributed by atoms with Crippen LogP contribution in [-0.4, -0.2) is 21.8 Å². The van der Waals surface area contributed by atoms with Gasteiger partial charge in [-0.3, -0.25) is 9.48 Å². The lowest BCUT2D eigenvalue weighted by Gasteiger charge is -2.23. The lowest BCUT2D eigenvalue weighted by atomic mass is 9.82. The van der Waals surface area contributed by atoms with Gasteiger partial charge < -0.3 is 5.32 Å². The number of hydrogen-bond donors (Lipinski definition) is 1. The van der Waals surface area contributed by atoms with Gasteiger partial charge in [-0.15, -0.1) is 0 Å². The van der Waals surface area contributed by atoms with Crippen molar-refractivity contribution in [3.05, 3.63) is 125 Å². The second-order valence-electron chi connectivity index (χ2n) is 12.6. The Balaban J connectivity index is 0.00000141. The third-order valence-electron chi connectivity index (χ3n) is 7.95. The molecule has 6 nitrogen and oxygen atoms in total. The Bertz CT molecular complexity index is 1790. The summed E-state index contributed by atoms with van der Waals surface area (Å²) in [6, 6.07) is 31.7. The number of rotatable bonds is 7. The monoisotopic (exact) mass is 587 g/mol. The fourth-order valence-corrected chi connectivity index (χ4v) is 5.50. The van der Waals surface area contributed by atoms with Crippen molar-refractivity contribution in [2.24, 2.45) is 0 Å². The Hall–Kier alpha value is -4.80. The van der Waals surface area contributed by atoms with E-state index in [4.69, 9.17) is 14.7 Å². The molecule has 1 amide bonds. The van der Waals surface area contributed by atoms with Crippen molar-refractivity contribution in [1.82, 2.24) is 15.1 Å². The lowest BCUT2D eigenvalue weighted by Crippen LogP contribution is -2.26. The van der Waals surface area contributed by atoms with E-state index < -0.39 is 0 Å². The van der Waals surface area contributed by atoms with Gasteiger partial charge in [0, 0.05) is 10.9 Å². The molecule has 1 N–H and O–H groups in total. The number of carbonyl (C=O) groups is 1. The Morgan fingerprint density at radius 1 is 0.864 bits per heavy atom. The first-order valence-electron chi connectivity index (χ1n) is 15.0. The van der Waals surface area contributed by atoms with Crippen LogP contribution in [0.25, 0.3) is 22.0 Å². The summed E-state index contributed by atoms with van der Waals surface area (Å²) in [5, 5.41) is 9.01. The molecule has 0 aliphatic carbocycles. The highest BCUT2D eigenvalue weighted by Gasteiger charge is 2.19. The van der Waals surface area contributed by atoms with Crippen molar-refractivity contribution in [3.8, 4) is 11.1 Å². The van der Waals surface area contributed by atoms with Crippen molar-refractivity contribution in [2.45, 2.75) is 72.4 Å². The van der Waals surface area contributed by atoms with Crippen molar-refractivity contribution in [1.29, 1.82) is 0 Å². The first-order valence-corrected chi connectivity index (χ1v) is 15.0. The van der Waals surface area contributed by atoms with Crippen LogP contribution < -0.4 is 5.32 Å². The molecule has 0 bridgehead atoms. The maximum atomic E-state index is 13.2. The van der Waals surface area contributed by atoms with E-state index >= 15 is 0 Å². The van der Waals surface area contributed by atoms with Crippen molar-refractivity contribution < 1.29 is 14.4 Å². The van der Waals surface area contributed by atoms with Crippen LogP contribution in [0, 0.1) is 6.92 Å². The fraction of sp³-hybridized carbons (Fsp3) is 0.289. The molecule has 44 heavy (non-hydrogen) atoms. The quantitative estimate of drug-likeness (QED) is 0.207. The van der Waals surface area contributed by atoms with Crippen LogP contribution >= 0.6 is 0 Å². The minimum Gasteiger partial charge on any atom is -0.346 e. The minimum atomic E-state index is -0.0842. The minimum absolute atomic E-state index is 0.0763. The van der Waals surface area contributed by atoms with Crippen molar-refractivity contribution in [2.75, 3.05) is 0 Å². The predicted molar refractivity (Wildman–Crippen MR) is 176 cm³/mol. The molecule has 1 heterocycles. The Morgan fingerprint density at radius 2 is 1.52 bits per heavy atom. The number of benzene rings is 4. The third kappa shape index (κ3) is 7.39. The van der Waals surface area contributed by atoms with Crippen LogP contribution in [-0.2, 0) is 21.5 Å². The van der Waals surface area contributed by atoms with E-state index in [1.54, 1.807) is 0 Å². The lowest BCUT2D eigenvalue weighted by molar-refractivity contribution is -0.191. The van der Waals surface area contributed by atoms with Crippen LogP contribution in [0.1, 0.15) is 91.8 Å². The SMILES string of the molecule is Cc1nn(Cc2ccc(-c3ccccc3C(C)(C)C)cc2)c2ccc(C(=O)N[C@@H](C)c3cccc(C(C)C)c3)cc12.O=C=O. The van der Waals surface area contributed by atoms with Crippen LogP contribution in [0.4, 0.5) is 0 Å². The van der Waals surface area contributed by atoms with Crippen LogP contribution in [0.5, 0.6) is 0 Å². The molecule has 0 radical (unpaired) electrons. The maximum Gasteiger partial charge on any atom is 0.373 e. The summed E-state index contributed by atoms with van der Waals surface area (Å²) < 4.78 is 2.03. The third-order valence-corrected chi connectivity index (χ3v) is 7.95. The van der Waals surface area contributed by atoms with Crippen LogP contribution in [0.15, 0.2) is 91.0 Å². The molecule has 0 aliphatic rings. The van der Waals surface area contributed by atoms with E-state index in [2.05, 4.69) is 113 Å². The number of nitrogens with zero attached hydrogens (tertiary/aromatic N) is 2. The normalized spacial score (nSPS) is 11.9. The number of fused-ring (bicyclic) bond motifs is 1. The number of aromatic nitrogens is 2. The number of amides is 1. The average Bonchev–Trinajstić information content (AvgIpc) is 3.31. The van der Waals surface area contributed by atoms with Gasteiger partial charge >= 0.3 is 6.15 Å². The van der Waals surface area contributed by atoms with E-state index in [-0.39, 0.29) is 23.5 Å². The number of nitrogens with one attached hydrogen (secondary N) is 1. The molecule has 0 saturated heterocycles. The Kier molecular flexibility index (Phi) is 9.97. The zero-order valence-corrected chi connectivity index (χ0v) is 26.6. The van der Waals surface area contributed by atoms with Gasteiger partial charge in [0.2, 0.25) is 0 Å². The van der Waals surface area contributed by atoms with Gasteiger partial charge in [0.1, 0.15) is 0 Å². The summed E-state index contributed by atoms with van der Waals surface area (Å²) in [5.41, 5.74) is 10.1. The van der Waals surface area contributed by atoms with E-state index in [9.17, 15) is 4.79 Å². The molecule has 0 spiro atoms. The van der Waals surface area contributed by atoms with Gasteiger partial charge in [-0.1, -0.05) is 107 Å². The zero-order valence-electron chi connectivity index (χ0n) is 26.6. The summed E-state index contributed by atoms with van der Waals surface area (Å²) in [7, 11) is 0. The van der Waals surface area contributed by atoms with Gasteiger partial charge in [-0.2, -0.15) is 14.7 Å². The summed E-state index contributed by atoms with van der Waals surface area (Å²) in [6.45, 7) is 15.8. The van der Waals surface area contributed by atoms with E-state index in [0.717, 1.165) is 22.2 Å². The smallest absolute Gasteiger partial charge is 0.346 e. The van der Waals surface area contributed by atoms with Gasteiger partial charge in [0.15, 0.2) is 0 Å². The Morgan fingerprint density at radius 3 is 2.18 bits per heavy atom. The number of carbonyl (C=O) groups excluding carboxylic acids is 3. The number of hydrogen-bond acceptors (Lipinski definition) is 4. The molecule has 5 rings (SSSR count).